The molecule has 0 saturated heterocycles. The number of carbonyl (C=O) groups excluding carboxylic acids is 2. The van der Waals surface area contributed by atoms with Crippen LogP contribution < -0.4 is 14.4 Å². The summed E-state index contributed by atoms with van der Waals surface area (Å²) in [5, 5.41) is 3.05. The lowest BCUT2D eigenvalue weighted by Crippen LogP contribution is -2.54. The van der Waals surface area contributed by atoms with Crippen LogP contribution in [0.25, 0.3) is 0 Å². The van der Waals surface area contributed by atoms with Gasteiger partial charge in [-0.2, -0.15) is 0 Å². The minimum Gasteiger partial charge on any atom is -0.497 e. The van der Waals surface area contributed by atoms with E-state index in [1.807, 2.05) is 68.4 Å². The van der Waals surface area contributed by atoms with Crippen LogP contribution in [0.1, 0.15) is 31.4 Å². The molecular weight excluding hydrogens is 654 g/mol. The molecule has 4 aromatic rings. The Hall–Kier alpha value is -4.15. The highest BCUT2D eigenvalue weighted by molar-refractivity contribution is 9.10. The number of hydrogen-bond acceptors (Lipinski definition) is 5. The monoisotopic (exact) mass is 691 g/mol. The van der Waals surface area contributed by atoms with E-state index in [1.54, 1.807) is 42.5 Å². The highest BCUT2D eigenvalue weighted by Crippen LogP contribution is 2.26. The molecule has 4 rings (SSSR count). The molecule has 0 aliphatic carbocycles. The minimum absolute atomic E-state index is 0.00819. The van der Waals surface area contributed by atoms with Crippen molar-refractivity contribution in [2.24, 2.45) is 0 Å². The lowest BCUT2D eigenvalue weighted by Gasteiger charge is -2.34. The molecule has 0 radical (unpaired) electrons. The number of sulfonamides is 1. The molecule has 45 heavy (non-hydrogen) atoms. The van der Waals surface area contributed by atoms with Crippen LogP contribution in [-0.4, -0.2) is 50.9 Å². The molecule has 236 valence electrons. The maximum absolute atomic E-state index is 14.5. The molecule has 0 aromatic heterocycles. The number of methoxy groups -OCH3 is 1. The molecule has 0 saturated carbocycles. The molecule has 10 heteroatoms. The number of para-hydroxylation sites is 1. The summed E-state index contributed by atoms with van der Waals surface area (Å²) in [4.78, 5) is 29.9. The number of carbonyl (C=O) groups is 2. The van der Waals surface area contributed by atoms with Gasteiger partial charge in [-0.3, -0.25) is 13.9 Å². The van der Waals surface area contributed by atoms with Crippen LogP contribution in [0.2, 0.25) is 0 Å². The molecule has 0 aliphatic rings. The molecule has 0 heterocycles. The van der Waals surface area contributed by atoms with Crippen LogP contribution in [0, 0.1) is 0 Å². The number of anilines is 1. The smallest absolute Gasteiger partial charge is 0.264 e. The molecule has 4 aromatic carbocycles. The van der Waals surface area contributed by atoms with Gasteiger partial charge in [0.1, 0.15) is 18.3 Å². The Bertz CT molecular complexity index is 1670. The van der Waals surface area contributed by atoms with E-state index in [-0.39, 0.29) is 29.8 Å². The van der Waals surface area contributed by atoms with E-state index >= 15 is 0 Å². The third-order valence-electron chi connectivity index (χ3n) is 7.48. The van der Waals surface area contributed by atoms with Crippen LogP contribution in [0.3, 0.4) is 0 Å². The zero-order valence-electron chi connectivity index (χ0n) is 25.6. The van der Waals surface area contributed by atoms with Crippen molar-refractivity contribution < 1.29 is 22.7 Å². The van der Waals surface area contributed by atoms with Gasteiger partial charge in [-0.15, -0.1) is 0 Å². The van der Waals surface area contributed by atoms with E-state index in [2.05, 4.69) is 21.2 Å². The maximum Gasteiger partial charge on any atom is 0.264 e. The molecule has 0 bridgehead atoms. The quantitative estimate of drug-likeness (QED) is 0.170. The van der Waals surface area contributed by atoms with E-state index < -0.39 is 28.5 Å². The maximum atomic E-state index is 14.5. The second-order valence-electron chi connectivity index (χ2n) is 10.7. The third-order valence-corrected chi connectivity index (χ3v) is 9.77. The van der Waals surface area contributed by atoms with Gasteiger partial charge in [0.05, 0.1) is 17.7 Å². The number of benzene rings is 4. The molecule has 0 unspecified atom stereocenters. The van der Waals surface area contributed by atoms with Gasteiger partial charge in [-0.1, -0.05) is 83.5 Å². The minimum atomic E-state index is -4.19. The van der Waals surface area contributed by atoms with Gasteiger partial charge >= 0.3 is 0 Å². The highest BCUT2D eigenvalue weighted by Gasteiger charge is 2.35. The number of hydrogen-bond donors (Lipinski definition) is 1. The average molecular weight is 693 g/mol. The summed E-state index contributed by atoms with van der Waals surface area (Å²) in [5.41, 5.74) is 1.99. The predicted molar refractivity (Wildman–Crippen MR) is 180 cm³/mol. The Morgan fingerprint density at radius 2 is 1.49 bits per heavy atom. The second-order valence-corrected chi connectivity index (χ2v) is 13.5. The van der Waals surface area contributed by atoms with Gasteiger partial charge in [0, 0.05) is 23.5 Å². The number of nitrogens with zero attached hydrogens (tertiary/aromatic N) is 2. The lowest BCUT2D eigenvalue weighted by molar-refractivity contribution is -0.140. The molecule has 0 fully saturated rings. The molecule has 0 aliphatic heterocycles. The summed E-state index contributed by atoms with van der Waals surface area (Å²) in [6.07, 6.45) is 0.963. The fourth-order valence-electron chi connectivity index (χ4n) is 4.82. The van der Waals surface area contributed by atoms with E-state index in [9.17, 15) is 18.0 Å². The van der Waals surface area contributed by atoms with Crippen LogP contribution in [0.5, 0.6) is 5.75 Å². The zero-order chi connectivity index (χ0) is 32.4. The zero-order valence-corrected chi connectivity index (χ0v) is 28.0. The molecule has 1 N–H and O–H groups in total. The van der Waals surface area contributed by atoms with Crippen LogP contribution in [-0.2, 0) is 32.6 Å². The normalized spacial score (nSPS) is 12.5. The highest BCUT2D eigenvalue weighted by atomic mass is 79.9. The summed E-state index contributed by atoms with van der Waals surface area (Å²) in [5.74, 6) is -0.315. The third kappa shape index (κ3) is 8.95. The average Bonchev–Trinajstić information content (AvgIpc) is 3.05. The number of ether oxygens (including phenoxy) is 1. The SMILES string of the molecule is CC[C@H](C)NC(=O)[C@@H](Cc1ccccc1)N(Cc1cccc(Br)c1)C(=O)CN(c1ccccc1)S(=O)(=O)c1ccc(OC)cc1. The van der Waals surface area contributed by atoms with E-state index in [1.165, 1.54) is 24.1 Å². The van der Waals surface area contributed by atoms with Crippen LogP contribution in [0.15, 0.2) is 119 Å². The van der Waals surface area contributed by atoms with Gasteiger partial charge in [0.15, 0.2) is 0 Å². The first-order chi connectivity index (χ1) is 21.6. The number of rotatable bonds is 14. The first kappa shape index (κ1) is 33.7. The topological polar surface area (TPSA) is 96.0 Å². The first-order valence-corrected chi connectivity index (χ1v) is 17.0. The Kier molecular flexibility index (Phi) is 11.8. The van der Waals surface area contributed by atoms with E-state index in [4.69, 9.17) is 4.74 Å². The Morgan fingerprint density at radius 3 is 2.09 bits per heavy atom. The van der Waals surface area contributed by atoms with Crippen molar-refractivity contribution in [3.63, 3.8) is 0 Å². The van der Waals surface area contributed by atoms with Gasteiger partial charge in [-0.25, -0.2) is 8.42 Å². The summed E-state index contributed by atoms with van der Waals surface area (Å²) in [6.45, 7) is 3.46. The summed E-state index contributed by atoms with van der Waals surface area (Å²) in [7, 11) is -2.69. The van der Waals surface area contributed by atoms with Gasteiger partial charge in [0.25, 0.3) is 10.0 Å². The van der Waals surface area contributed by atoms with Gasteiger partial charge in [-0.05, 0) is 73.0 Å². The lowest BCUT2D eigenvalue weighted by atomic mass is 10.0. The molecule has 2 amide bonds. The number of halogens is 1. The summed E-state index contributed by atoms with van der Waals surface area (Å²) >= 11 is 3.50. The van der Waals surface area contributed by atoms with E-state index in [0.717, 1.165) is 19.9 Å². The van der Waals surface area contributed by atoms with Crippen molar-refractivity contribution in [2.45, 2.75) is 50.2 Å². The fraction of sp³-hybridized carbons (Fsp3) is 0.257. The van der Waals surface area contributed by atoms with Crippen molar-refractivity contribution >= 4 is 43.5 Å². The van der Waals surface area contributed by atoms with Crippen molar-refractivity contribution in [2.75, 3.05) is 18.0 Å². The second kappa shape index (κ2) is 15.7. The molecule has 0 spiro atoms. The Balaban J connectivity index is 1.79. The summed E-state index contributed by atoms with van der Waals surface area (Å²) in [6, 6.07) is 30.5. The van der Waals surface area contributed by atoms with E-state index in [0.29, 0.717) is 17.9 Å². The van der Waals surface area contributed by atoms with Crippen molar-refractivity contribution in [3.05, 3.63) is 125 Å². The number of amides is 2. The van der Waals surface area contributed by atoms with Crippen LogP contribution >= 0.6 is 15.9 Å². The molecule has 8 nitrogen and oxygen atoms in total. The van der Waals surface area contributed by atoms with Crippen molar-refractivity contribution in [3.8, 4) is 5.75 Å². The molecule has 2 atom stereocenters. The standard InChI is InChI=1S/C35H38BrN3O5S/c1-4-26(2)37-35(41)33(23-27-12-7-5-8-13-27)38(24-28-14-11-15-29(36)22-28)34(40)25-39(30-16-9-6-10-17-30)45(42,43)32-20-18-31(44-3)19-21-32/h5-22,26,33H,4,23-25H2,1-3H3,(H,37,41)/t26-,33+/m0/s1. The largest absolute Gasteiger partial charge is 0.497 e. The fourth-order valence-corrected chi connectivity index (χ4v) is 6.69. The molecular formula is C35H38BrN3O5S. The number of nitrogens with one attached hydrogen (secondary N) is 1. The van der Waals surface area contributed by atoms with Crippen LogP contribution in [0.4, 0.5) is 5.69 Å². The van der Waals surface area contributed by atoms with Crippen molar-refractivity contribution in [1.82, 2.24) is 10.2 Å². The predicted octanol–water partition coefficient (Wildman–Crippen LogP) is 6.21. The first-order valence-electron chi connectivity index (χ1n) is 14.7. The Morgan fingerprint density at radius 1 is 0.867 bits per heavy atom. The van der Waals surface area contributed by atoms with Gasteiger partial charge < -0.3 is 15.0 Å². The van der Waals surface area contributed by atoms with Gasteiger partial charge in [0.2, 0.25) is 11.8 Å². The summed E-state index contributed by atoms with van der Waals surface area (Å²) < 4.78 is 35.3. The van der Waals surface area contributed by atoms with Crippen molar-refractivity contribution in [1.29, 1.82) is 0 Å². The Labute approximate surface area is 274 Å².